The highest BCUT2D eigenvalue weighted by Gasteiger charge is 2.21. The van der Waals surface area contributed by atoms with Crippen LogP contribution in [-0.2, 0) is 4.74 Å². The van der Waals surface area contributed by atoms with E-state index in [1.807, 2.05) is 6.07 Å². The normalized spacial score (nSPS) is 21.3. The smallest absolute Gasteiger partial charge is 0.122 e. The molecule has 20 heavy (non-hydrogen) atoms. The second-order valence-corrected chi connectivity index (χ2v) is 5.95. The number of para-hydroxylation sites is 1. The third-order valence-corrected chi connectivity index (χ3v) is 4.17. The predicted molar refractivity (Wildman–Crippen MR) is 80.3 cm³/mol. The maximum Gasteiger partial charge on any atom is 0.122 e. The van der Waals surface area contributed by atoms with Gasteiger partial charge in [-0.25, -0.2) is 0 Å². The molecule has 1 aromatic carbocycles. The molecule has 1 aromatic rings. The Labute approximate surface area is 121 Å². The first kappa shape index (κ1) is 13.9. The lowest BCUT2D eigenvalue weighted by Gasteiger charge is -2.26. The van der Waals surface area contributed by atoms with Gasteiger partial charge in [-0.05, 0) is 49.8 Å². The number of hydrogen-bond donors (Lipinski definition) is 1. The topological polar surface area (TPSA) is 30.5 Å². The van der Waals surface area contributed by atoms with Crippen LogP contribution in [0, 0.1) is 5.92 Å². The number of fused-ring (bicyclic) bond motifs is 1. The molecule has 0 spiro atoms. The molecule has 3 nitrogen and oxygen atoms in total. The minimum absolute atomic E-state index is 0.590. The minimum atomic E-state index is 0.590. The Morgan fingerprint density at radius 2 is 2.10 bits per heavy atom. The summed E-state index contributed by atoms with van der Waals surface area (Å²) in [7, 11) is 0. The highest BCUT2D eigenvalue weighted by molar-refractivity contribution is 5.37. The molecule has 1 N–H and O–H groups in total. The summed E-state index contributed by atoms with van der Waals surface area (Å²) in [4.78, 5) is 0. The van der Waals surface area contributed by atoms with Gasteiger partial charge in [-0.15, -0.1) is 0 Å². The zero-order chi connectivity index (χ0) is 13.6. The van der Waals surface area contributed by atoms with Gasteiger partial charge in [0.2, 0.25) is 0 Å². The Hall–Kier alpha value is -1.06. The first-order valence-corrected chi connectivity index (χ1v) is 7.93. The van der Waals surface area contributed by atoms with Gasteiger partial charge >= 0.3 is 0 Å². The lowest BCUT2D eigenvalue weighted by molar-refractivity contribution is 0.122. The van der Waals surface area contributed by atoms with E-state index in [1.54, 1.807) is 0 Å². The fraction of sp³-hybridized carbons (Fsp3) is 0.647. The number of hydrogen-bond acceptors (Lipinski definition) is 3. The zero-order valence-corrected chi connectivity index (χ0v) is 12.1. The van der Waals surface area contributed by atoms with Gasteiger partial charge in [-0.3, -0.25) is 0 Å². The molecule has 0 radical (unpaired) electrons. The van der Waals surface area contributed by atoms with Crippen molar-refractivity contribution in [3.63, 3.8) is 0 Å². The monoisotopic (exact) mass is 275 g/mol. The molecule has 0 amide bonds. The van der Waals surface area contributed by atoms with Crippen LogP contribution >= 0.6 is 0 Å². The standard InChI is InChI=1S/C17H25NO2/c1-2-5-17-16(4-1)15(8-11-20-17)12-18-9-3-10-19-13-14-6-7-14/h1-2,4-5,14-15,18H,3,6-13H2. The van der Waals surface area contributed by atoms with Crippen molar-refractivity contribution >= 4 is 0 Å². The summed E-state index contributed by atoms with van der Waals surface area (Å²) < 4.78 is 11.3. The Balaban J connectivity index is 1.32. The van der Waals surface area contributed by atoms with Crippen LogP contribution in [-0.4, -0.2) is 32.9 Å². The van der Waals surface area contributed by atoms with E-state index in [2.05, 4.69) is 23.5 Å². The van der Waals surface area contributed by atoms with E-state index in [-0.39, 0.29) is 0 Å². The molecule has 2 aliphatic rings. The second kappa shape index (κ2) is 7.09. The summed E-state index contributed by atoms with van der Waals surface area (Å²) in [5.74, 6) is 2.53. The lowest BCUT2D eigenvalue weighted by Crippen LogP contribution is -2.27. The van der Waals surface area contributed by atoms with Crippen molar-refractivity contribution in [2.45, 2.75) is 31.6 Å². The van der Waals surface area contributed by atoms with Crippen molar-refractivity contribution in [2.24, 2.45) is 5.92 Å². The van der Waals surface area contributed by atoms with E-state index in [9.17, 15) is 0 Å². The summed E-state index contributed by atoms with van der Waals surface area (Å²) >= 11 is 0. The SMILES string of the molecule is c1ccc2c(c1)OCCC2CNCCCOCC1CC1. The molecule has 0 saturated heterocycles. The largest absolute Gasteiger partial charge is 0.493 e. The molecule has 1 unspecified atom stereocenters. The van der Waals surface area contributed by atoms with Crippen molar-refractivity contribution < 1.29 is 9.47 Å². The average molecular weight is 275 g/mol. The maximum atomic E-state index is 5.69. The molecule has 1 aliphatic heterocycles. The van der Waals surface area contributed by atoms with E-state index in [4.69, 9.17) is 9.47 Å². The highest BCUT2D eigenvalue weighted by Crippen LogP contribution is 2.32. The molecule has 0 bridgehead atoms. The first-order valence-electron chi connectivity index (χ1n) is 7.93. The zero-order valence-electron chi connectivity index (χ0n) is 12.1. The molecular formula is C17H25NO2. The van der Waals surface area contributed by atoms with Crippen LogP contribution in [0.25, 0.3) is 0 Å². The summed E-state index contributed by atoms with van der Waals surface area (Å²) in [6.45, 7) is 4.81. The summed E-state index contributed by atoms with van der Waals surface area (Å²) in [6, 6.07) is 8.42. The molecule has 1 aliphatic carbocycles. The molecule has 3 heteroatoms. The maximum absolute atomic E-state index is 5.69. The van der Waals surface area contributed by atoms with E-state index in [0.717, 1.165) is 57.4 Å². The van der Waals surface area contributed by atoms with Crippen LogP contribution in [0.2, 0.25) is 0 Å². The van der Waals surface area contributed by atoms with Crippen molar-refractivity contribution in [3.05, 3.63) is 29.8 Å². The van der Waals surface area contributed by atoms with Crippen LogP contribution < -0.4 is 10.1 Å². The van der Waals surface area contributed by atoms with Crippen molar-refractivity contribution in [2.75, 3.05) is 32.9 Å². The van der Waals surface area contributed by atoms with Crippen molar-refractivity contribution in [1.82, 2.24) is 5.32 Å². The van der Waals surface area contributed by atoms with Crippen LogP contribution in [0.4, 0.5) is 0 Å². The fourth-order valence-corrected chi connectivity index (χ4v) is 2.74. The predicted octanol–water partition coefficient (Wildman–Crippen LogP) is 2.96. The van der Waals surface area contributed by atoms with Gasteiger partial charge in [-0.2, -0.15) is 0 Å². The summed E-state index contributed by atoms with van der Waals surface area (Å²) in [5, 5.41) is 3.56. The van der Waals surface area contributed by atoms with E-state index in [0.29, 0.717) is 5.92 Å². The third-order valence-electron chi connectivity index (χ3n) is 4.17. The fourth-order valence-electron chi connectivity index (χ4n) is 2.74. The molecular weight excluding hydrogens is 250 g/mol. The van der Waals surface area contributed by atoms with Crippen LogP contribution in [0.15, 0.2) is 24.3 Å². The van der Waals surface area contributed by atoms with Crippen LogP contribution in [0.5, 0.6) is 5.75 Å². The molecule has 1 atom stereocenters. The second-order valence-electron chi connectivity index (χ2n) is 5.95. The first-order chi connectivity index (χ1) is 9.93. The lowest BCUT2D eigenvalue weighted by atomic mass is 9.93. The Bertz CT molecular complexity index is 417. The summed E-state index contributed by atoms with van der Waals surface area (Å²) in [6.07, 6.45) is 4.97. The number of ether oxygens (including phenoxy) is 2. The minimum Gasteiger partial charge on any atom is -0.493 e. The molecule has 1 heterocycles. The number of rotatable bonds is 8. The van der Waals surface area contributed by atoms with Gasteiger partial charge in [-0.1, -0.05) is 18.2 Å². The molecule has 0 aromatic heterocycles. The number of nitrogens with one attached hydrogen (secondary N) is 1. The van der Waals surface area contributed by atoms with Crippen molar-refractivity contribution in [3.8, 4) is 5.75 Å². The number of benzene rings is 1. The van der Waals surface area contributed by atoms with E-state index < -0.39 is 0 Å². The van der Waals surface area contributed by atoms with Gasteiger partial charge in [0.15, 0.2) is 0 Å². The van der Waals surface area contributed by atoms with Gasteiger partial charge in [0, 0.05) is 25.7 Å². The van der Waals surface area contributed by atoms with Crippen LogP contribution in [0.1, 0.15) is 37.2 Å². The Morgan fingerprint density at radius 3 is 3.00 bits per heavy atom. The van der Waals surface area contributed by atoms with Gasteiger partial charge in [0.1, 0.15) is 5.75 Å². The summed E-state index contributed by atoms with van der Waals surface area (Å²) in [5.41, 5.74) is 1.36. The van der Waals surface area contributed by atoms with Crippen molar-refractivity contribution in [1.29, 1.82) is 0 Å². The third kappa shape index (κ3) is 3.97. The van der Waals surface area contributed by atoms with Gasteiger partial charge in [0.25, 0.3) is 0 Å². The van der Waals surface area contributed by atoms with Gasteiger partial charge in [0.05, 0.1) is 6.61 Å². The van der Waals surface area contributed by atoms with E-state index in [1.165, 1.54) is 18.4 Å². The molecule has 3 rings (SSSR count). The van der Waals surface area contributed by atoms with E-state index >= 15 is 0 Å². The Morgan fingerprint density at radius 1 is 1.20 bits per heavy atom. The molecule has 1 fully saturated rings. The van der Waals surface area contributed by atoms with Gasteiger partial charge < -0.3 is 14.8 Å². The molecule has 110 valence electrons. The highest BCUT2D eigenvalue weighted by atomic mass is 16.5. The quantitative estimate of drug-likeness (QED) is 0.740. The van der Waals surface area contributed by atoms with Crippen LogP contribution in [0.3, 0.4) is 0 Å². The molecule has 1 saturated carbocycles. The average Bonchev–Trinajstić information content (AvgIpc) is 3.30. The Kier molecular flexibility index (Phi) is 4.93.